The number of nitrogens with one attached hydrogen (secondary N) is 1. The molecule has 2 aromatic rings. The Hall–Kier alpha value is -1.92. The van der Waals surface area contributed by atoms with Crippen LogP contribution in [0.1, 0.15) is 18.7 Å². The van der Waals surface area contributed by atoms with Gasteiger partial charge in [0.25, 0.3) is 5.56 Å². The molecule has 0 atom stereocenters. The van der Waals surface area contributed by atoms with Crippen molar-refractivity contribution in [1.29, 1.82) is 0 Å². The highest BCUT2D eigenvalue weighted by Gasteiger charge is 2.25. The molecule has 0 saturated carbocycles. The summed E-state index contributed by atoms with van der Waals surface area (Å²) in [6, 6.07) is 5.09. The number of benzene rings is 1. The Balaban J connectivity index is 1.72. The predicted molar refractivity (Wildman–Crippen MR) is 87.4 cm³/mol. The molecule has 0 amide bonds. The standard InChI is InChI=1S/C16H18ClN3O3/c1-23-16(22)10-4-6-20(7-5-10)9-14-18-13-3-2-11(17)8-12(13)15(21)19-14/h2-3,8,10H,4-7,9H2,1H3,(H,18,19,21). The van der Waals surface area contributed by atoms with Crippen molar-refractivity contribution < 1.29 is 9.53 Å². The number of esters is 1. The van der Waals surface area contributed by atoms with Crippen LogP contribution in [-0.2, 0) is 16.1 Å². The molecular formula is C16H18ClN3O3. The molecule has 1 aliphatic heterocycles. The molecule has 1 aromatic heterocycles. The highest BCUT2D eigenvalue weighted by Crippen LogP contribution is 2.20. The van der Waals surface area contributed by atoms with E-state index in [2.05, 4.69) is 14.9 Å². The van der Waals surface area contributed by atoms with Gasteiger partial charge in [0.15, 0.2) is 0 Å². The van der Waals surface area contributed by atoms with Crippen LogP contribution in [0.2, 0.25) is 5.02 Å². The van der Waals surface area contributed by atoms with Crippen molar-refractivity contribution in [2.75, 3.05) is 20.2 Å². The minimum Gasteiger partial charge on any atom is -0.469 e. The Labute approximate surface area is 138 Å². The molecule has 3 rings (SSSR count). The molecule has 1 saturated heterocycles. The molecule has 0 aliphatic carbocycles. The number of hydrogen-bond donors (Lipinski definition) is 1. The lowest BCUT2D eigenvalue weighted by Crippen LogP contribution is -2.37. The van der Waals surface area contributed by atoms with Crippen molar-refractivity contribution in [3.8, 4) is 0 Å². The number of rotatable bonds is 3. The zero-order chi connectivity index (χ0) is 16.4. The van der Waals surface area contributed by atoms with E-state index in [1.807, 2.05) is 0 Å². The first kappa shape index (κ1) is 16.0. The minimum absolute atomic E-state index is 0.0259. The topological polar surface area (TPSA) is 75.3 Å². The fourth-order valence-corrected chi connectivity index (χ4v) is 3.11. The molecule has 1 fully saturated rings. The summed E-state index contributed by atoms with van der Waals surface area (Å²) in [7, 11) is 1.42. The highest BCUT2D eigenvalue weighted by atomic mass is 35.5. The number of fused-ring (bicyclic) bond motifs is 1. The molecular weight excluding hydrogens is 318 g/mol. The number of methoxy groups -OCH3 is 1. The number of hydrogen-bond acceptors (Lipinski definition) is 5. The molecule has 1 aromatic carbocycles. The van der Waals surface area contributed by atoms with Crippen LogP contribution in [0, 0.1) is 5.92 Å². The lowest BCUT2D eigenvalue weighted by Gasteiger charge is -2.30. The Bertz CT molecular complexity index is 782. The Morgan fingerprint density at radius 3 is 2.87 bits per heavy atom. The third kappa shape index (κ3) is 3.54. The quantitative estimate of drug-likeness (QED) is 0.868. The van der Waals surface area contributed by atoms with Gasteiger partial charge in [-0.3, -0.25) is 14.5 Å². The van der Waals surface area contributed by atoms with Crippen LogP contribution in [0.15, 0.2) is 23.0 Å². The highest BCUT2D eigenvalue weighted by molar-refractivity contribution is 6.31. The molecule has 1 aliphatic rings. The average molecular weight is 336 g/mol. The maximum Gasteiger partial charge on any atom is 0.308 e. The van der Waals surface area contributed by atoms with E-state index in [1.165, 1.54) is 7.11 Å². The first-order chi connectivity index (χ1) is 11.1. The van der Waals surface area contributed by atoms with E-state index < -0.39 is 0 Å². The van der Waals surface area contributed by atoms with Crippen molar-refractivity contribution in [2.24, 2.45) is 5.92 Å². The number of aromatic amines is 1. The Morgan fingerprint density at radius 2 is 2.17 bits per heavy atom. The number of carbonyl (C=O) groups is 1. The third-order valence-corrected chi connectivity index (χ3v) is 4.45. The van der Waals surface area contributed by atoms with Crippen molar-refractivity contribution in [2.45, 2.75) is 19.4 Å². The molecule has 0 bridgehead atoms. The van der Waals surface area contributed by atoms with Gasteiger partial charge in [-0.25, -0.2) is 4.98 Å². The first-order valence-electron chi connectivity index (χ1n) is 7.55. The molecule has 7 heteroatoms. The van der Waals surface area contributed by atoms with Gasteiger partial charge in [-0.05, 0) is 44.1 Å². The minimum atomic E-state index is -0.183. The van der Waals surface area contributed by atoms with Crippen molar-refractivity contribution in [3.05, 3.63) is 39.4 Å². The molecule has 0 spiro atoms. The number of carbonyl (C=O) groups excluding carboxylic acids is 1. The number of piperidine rings is 1. The molecule has 23 heavy (non-hydrogen) atoms. The number of nitrogens with zero attached hydrogens (tertiary/aromatic N) is 2. The van der Waals surface area contributed by atoms with E-state index >= 15 is 0 Å². The van der Waals surface area contributed by atoms with Crippen molar-refractivity contribution in [1.82, 2.24) is 14.9 Å². The summed E-state index contributed by atoms with van der Waals surface area (Å²) < 4.78 is 4.79. The summed E-state index contributed by atoms with van der Waals surface area (Å²) in [6.45, 7) is 2.12. The van der Waals surface area contributed by atoms with Crippen LogP contribution in [0.3, 0.4) is 0 Å². The molecule has 1 N–H and O–H groups in total. The molecule has 6 nitrogen and oxygen atoms in total. The van der Waals surface area contributed by atoms with Crippen LogP contribution < -0.4 is 5.56 Å². The SMILES string of the molecule is COC(=O)C1CCN(Cc2nc3ccc(Cl)cc3c(=O)[nH]2)CC1. The summed E-state index contributed by atoms with van der Waals surface area (Å²) in [6.07, 6.45) is 1.53. The van der Waals surface area contributed by atoms with Crippen LogP contribution >= 0.6 is 11.6 Å². The lowest BCUT2D eigenvalue weighted by molar-refractivity contribution is -0.147. The second-order valence-corrected chi connectivity index (χ2v) is 6.18. The van der Waals surface area contributed by atoms with Gasteiger partial charge in [0, 0.05) is 5.02 Å². The summed E-state index contributed by atoms with van der Waals surface area (Å²) in [5.41, 5.74) is 0.453. The van der Waals surface area contributed by atoms with E-state index in [0.717, 1.165) is 25.9 Å². The summed E-state index contributed by atoms with van der Waals surface area (Å²) in [5, 5.41) is 1.01. The van der Waals surface area contributed by atoms with Gasteiger partial charge < -0.3 is 9.72 Å². The number of halogens is 1. The molecule has 122 valence electrons. The number of ether oxygens (including phenoxy) is 1. The van der Waals surface area contributed by atoms with Gasteiger partial charge in [-0.15, -0.1) is 0 Å². The van der Waals surface area contributed by atoms with Gasteiger partial charge in [0.1, 0.15) is 5.82 Å². The fourth-order valence-electron chi connectivity index (χ4n) is 2.94. The number of aromatic nitrogens is 2. The Morgan fingerprint density at radius 1 is 1.43 bits per heavy atom. The van der Waals surface area contributed by atoms with Crippen LogP contribution in [0.4, 0.5) is 0 Å². The largest absolute Gasteiger partial charge is 0.469 e. The zero-order valence-corrected chi connectivity index (χ0v) is 13.6. The smallest absolute Gasteiger partial charge is 0.308 e. The normalized spacial score (nSPS) is 16.6. The monoisotopic (exact) mass is 335 g/mol. The summed E-state index contributed by atoms with van der Waals surface area (Å²) >= 11 is 5.91. The van der Waals surface area contributed by atoms with Crippen LogP contribution in [0.25, 0.3) is 10.9 Å². The number of H-pyrrole nitrogens is 1. The molecule has 0 unspecified atom stereocenters. The van der Waals surface area contributed by atoms with Gasteiger partial charge in [0.2, 0.25) is 0 Å². The second-order valence-electron chi connectivity index (χ2n) is 5.75. The van der Waals surface area contributed by atoms with E-state index in [9.17, 15) is 9.59 Å². The zero-order valence-electron chi connectivity index (χ0n) is 12.8. The Kier molecular flexibility index (Phi) is 4.63. The van der Waals surface area contributed by atoms with E-state index in [-0.39, 0.29) is 17.4 Å². The van der Waals surface area contributed by atoms with Gasteiger partial charge in [-0.2, -0.15) is 0 Å². The second kappa shape index (κ2) is 6.68. The van der Waals surface area contributed by atoms with Crippen LogP contribution in [-0.4, -0.2) is 41.0 Å². The maximum atomic E-state index is 12.1. The van der Waals surface area contributed by atoms with E-state index in [1.54, 1.807) is 18.2 Å². The van der Waals surface area contributed by atoms with Crippen molar-refractivity contribution in [3.63, 3.8) is 0 Å². The third-order valence-electron chi connectivity index (χ3n) is 4.21. The average Bonchev–Trinajstić information content (AvgIpc) is 2.55. The molecule has 2 heterocycles. The summed E-state index contributed by atoms with van der Waals surface area (Å²) in [5.74, 6) is 0.460. The first-order valence-corrected chi connectivity index (χ1v) is 7.93. The lowest BCUT2D eigenvalue weighted by atomic mass is 9.97. The van der Waals surface area contributed by atoms with Crippen molar-refractivity contribution >= 4 is 28.5 Å². The van der Waals surface area contributed by atoms with Gasteiger partial charge >= 0.3 is 5.97 Å². The molecule has 0 radical (unpaired) electrons. The maximum absolute atomic E-state index is 12.1. The predicted octanol–water partition coefficient (Wildman–Crippen LogP) is 1.96. The summed E-state index contributed by atoms with van der Waals surface area (Å²) in [4.78, 5) is 33.2. The number of likely N-dealkylation sites (tertiary alicyclic amines) is 1. The van der Waals surface area contributed by atoms with Crippen LogP contribution in [0.5, 0.6) is 0 Å². The van der Waals surface area contributed by atoms with Gasteiger partial charge in [-0.1, -0.05) is 11.6 Å². The van der Waals surface area contributed by atoms with Gasteiger partial charge in [0.05, 0.1) is 30.5 Å². The fraction of sp³-hybridized carbons (Fsp3) is 0.438. The van der Waals surface area contributed by atoms with E-state index in [4.69, 9.17) is 16.3 Å². The van der Waals surface area contributed by atoms with E-state index in [0.29, 0.717) is 28.3 Å².